The highest BCUT2D eigenvalue weighted by Crippen LogP contribution is 2.18. The molecule has 0 spiro atoms. The maximum Gasteiger partial charge on any atom is 0.228 e. The van der Waals surface area contributed by atoms with Gasteiger partial charge in [0.2, 0.25) is 5.91 Å². The van der Waals surface area contributed by atoms with Crippen LogP contribution < -0.4 is 0 Å². The Bertz CT molecular complexity index is 750. The Hall–Kier alpha value is -2.62. The molecule has 2 aromatic carbocycles. The van der Waals surface area contributed by atoms with Gasteiger partial charge in [0.1, 0.15) is 5.69 Å². The molecule has 0 unspecified atom stereocenters. The van der Waals surface area contributed by atoms with E-state index >= 15 is 0 Å². The first-order valence-electron chi connectivity index (χ1n) is 6.85. The van der Waals surface area contributed by atoms with Crippen LogP contribution in [0.15, 0.2) is 59.1 Å². The lowest BCUT2D eigenvalue weighted by Gasteiger charge is -2.16. The maximum absolute atomic E-state index is 12.3. The molecule has 0 saturated carbocycles. The number of benzene rings is 2. The van der Waals surface area contributed by atoms with E-state index in [2.05, 4.69) is 5.16 Å². The summed E-state index contributed by atoms with van der Waals surface area (Å²) < 4.78 is 5.23. The van der Waals surface area contributed by atoms with Gasteiger partial charge >= 0.3 is 0 Å². The summed E-state index contributed by atoms with van der Waals surface area (Å²) in [5.74, 6) is 0.0258. The van der Waals surface area contributed by atoms with Crippen molar-refractivity contribution < 1.29 is 9.32 Å². The van der Waals surface area contributed by atoms with E-state index in [4.69, 9.17) is 4.52 Å². The molecule has 0 fully saturated rings. The molecule has 0 atom stereocenters. The summed E-state index contributed by atoms with van der Waals surface area (Å²) >= 11 is 0. The van der Waals surface area contributed by atoms with Crippen molar-refractivity contribution in [2.24, 2.45) is 0 Å². The zero-order valence-corrected chi connectivity index (χ0v) is 11.8. The zero-order chi connectivity index (χ0) is 14.7. The van der Waals surface area contributed by atoms with Gasteiger partial charge in [0.25, 0.3) is 0 Å². The number of likely N-dealkylation sites (N-methyl/N-ethyl adjacent to an activating group) is 1. The van der Waals surface area contributed by atoms with E-state index in [1.54, 1.807) is 11.9 Å². The highest BCUT2D eigenvalue weighted by molar-refractivity contribution is 5.86. The van der Waals surface area contributed by atoms with Gasteiger partial charge in [0.05, 0.1) is 6.42 Å². The monoisotopic (exact) mass is 280 g/mol. The van der Waals surface area contributed by atoms with Gasteiger partial charge < -0.3 is 9.42 Å². The van der Waals surface area contributed by atoms with E-state index in [1.165, 1.54) is 0 Å². The molecule has 0 N–H and O–H groups in total. The largest absolute Gasteiger partial charge is 0.356 e. The lowest BCUT2D eigenvalue weighted by Crippen LogP contribution is -2.27. The summed E-state index contributed by atoms with van der Waals surface area (Å²) in [6.45, 7) is 0.593. The van der Waals surface area contributed by atoms with Gasteiger partial charge in [-0.3, -0.25) is 4.79 Å². The Balaban J connectivity index is 1.71. The number of para-hydroxylation sites is 1. The first-order valence-corrected chi connectivity index (χ1v) is 6.85. The van der Waals surface area contributed by atoms with E-state index in [0.717, 1.165) is 10.9 Å². The molecular weight excluding hydrogens is 264 g/mol. The number of carbonyl (C=O) groups is 1. The Morgan fingerprint density at radius 3 is 2.62 bits per heavy atom. The SMILES string of the molecule is CN(Cc1ccccc1)C(=O)Cc1noc2ccccc12. The fourth-order valence-corrected chi connectivity index (χ4v) is 2.29. The molecule has 3 aromatic rings. The van der Waals surface area contributed by atoms with Crippen molar-refractivity contribution in [3.05, 3.63) is 65.9 Å². The van der Waals surface area contributed by atoms with Crippen LogP contribution in [0.4, 0.5) is 0 Å². The topological polar surface area (TPSA) is 46.3 Å². The van der Waals surface area contributed by atoms with Crippen molar-refractivity contribution >= 4 is 16.9 Å². The average molecular weight is 280 g/mol. The highest BCUT2D eigenvalue weighted by Gasteiger charge is 2.15. The molecule has 1 amide bonds. The molecular formula is C17H16N2O2. The average Bonchev–Trinajstić information content (AvgIpc) is 2.91. The molecule has 106 valence electrons. The minimum Gasteiger partial charge on any atom is -0.356 e. The molecule has 4 nitrogen and oxygen atoms in total. The maximum atomic E-state index is 12.3. The van der Waals surface area contributed by atoms with Crippen LogP contribution >= 0.6 is 0 Å². The third-order valence-corrected chi connectivity index (χ3v) is 3.46. The number of hydrogen-bond acceptors (Lipinski definition) is 3. The summed E-state index contributed by atoms with van der Waals surface area (Å²) in [6, 6.07) is 17.5. The molecule has 0 aliphatic heterocycles. The fraction of sp³-hybridized carbons (Fsp3) is 0.176. The molecule has 0 radical (unpaired) electrons. The van der Waals surface area contributed by atoms with Gasteiger partial charge in [-0.2, -0.15) is 0 Å². The fourth-order valence-electron chi connectivity index (χ4n) is 2.29. The number of rotatable bonds is 4. The van der Waals surface area contributed by atoms with E-state index in [9.17, 15) is 4.79 Å². The van der Waals surface area contributed by atoms with Crippen molar-refractivity contribution in [1.82, 2.24) is 10.1 Å². The summed E-state index contributed by atoms with van der Waals surface area (Å²) in [5, 5.41) is 4.90. The van der Waals surface area contributed by atoms with Crippen molar-refractivity contribution in [1.29, 1.82) is 0 Å². The Kier molecular flexibility index (Phi) is 3.69. The second-order valence-corrected chi connectivity index (χ2v) is 5.04. The van der Waals surface area contributed by atoms with Gasteiger partial charge in [-0.05, 0) is 17.7 Å². The van der Waals surface area contributed by atoms with Crippen LogP contribution in [0.5, 0.6) is 0 Å². The van der Waals surface area contributed by atoms with E-state index in [-0.39, 0.29) is 12.3 Å². The third-order valence-electron chi connectivity index (χ3n) is 3.46. The van der Waals surface area contributed by atoms with Crippen LogP contribution in [0.1, 0.15) is 11.3 Å². The smallest absolute Gasteiger partial charge is 0.228 e. The van der Waals surface area contributed by atoms with E-state index in [1.807, 2.05) is 54.6 Å². The van der Waals surface area contributed by atoms with Crippen LogP contribution in [0.3, 0.4) is 0 Å². The second-order valence-electron chi connectivity index (χ2n) is 5.04. The highest BCUT2D eigenvalue weighted by atomic mass is 16.5. The molecule has 1 aromatic heterocycles. The number of amides is 1. The molecule has 21 heavy (non-hydrogen) atoms. The Morgan fingerprint density at radius 1 is 1.10 bits per heavy atom. The third kappa shape index (κ3) is 2.94. The first kappa shape index (κ1) is 13.4. The number of hydrogen-bond donors (Lipinski definition) is 0. The van der Waals surface area contributed by atoms with Crippen molar-refractivity contribution in [3.63, 3.8) is 0 Å². The molecule has 3 rings (SSSR count). The van der Waals surface area contributed by atoms with E-state index < -0.39 is 0 Å². The second kappa shape index (κ2) is 5.79. The van der Waals surface area contributed by atoms with Crippen LogP contribution in [-0.2, 0) is 17.8 Å². The lowest BCUT2D eigenvalue weighted by atomic mass is 10.1. The Morgan fingerprint density at radius 2 is 1.81 bits per heavy atom. The van der Waals surface area contributed by atoms with Gasteiger partial charge in [-0.25, -0.2) is 0 Å². The first-order chi connectivity index (χ1) is 10.2. The quantitative estimate of drug-likeness (QED) is 0.738. The van der Waals surface area contributed by atoms with Gasteiger partial charge in [0.15, 0.2) is 5.58 Å². The van der Waals surface area contributed by atoms with Crippen molar-refractivity contribution in [2.75, 3.05) is 7.05 Å². The van der Waals surface area contributed by atoms with Crippen molar-refractivity contribution in [3.8, 4) is 0 Å². The molecule has 0 aliphatic carbocycles. The lowest BCUT2D eigenvalue weighted by molar-refractivity contribution is -0.129. The van der Waals surface area contributed by atoms with Gasteiger partial charge in [-0.1, -0.05) is 47.6 Å². The normalized spacial score (nSPS) is 10.7. The van der Waals surface area contributed by atoms with Crippen LogP contribution in [0.2, 0.25) is 0 Å². The molecule has 0 aliphatic rings. The van der Waals surface area contributed by atoms with Crippen LogP contribution in [0, 0.1) is 0 Å². The number of fused-ring (bicyclic) bond motifs is 1. The zero-order valence-electron chi connectivity index (χ0n) is 11.8. The number of nitrogens with zero attached hydrogens (tertiary/aromatic N) is 2. The Labute approximate surface area is 123 Å². The molecule has 0 saturated heterocycles. The summed E-state index contributed by atoms with van der Waals surface area (Å²) in [6.07, 6.45) is 0.250. The standard InChI is InChI=1S/C17H16N2O2/c1-19(12-13-7-3-2-4-8-13)17(20)11-15-14-9-5-6-10-16(14)21-18-15/h2-10H,11-12H2,1H3. The number of carbonyl (C=O) groups excluding carboxylic acids is 1. The predicted octanol–water partition coefficient (Wildman–Crippen LogP) is 3.03. The van der Waals surface area contributed by atoms with Crippen molar-refractivity contribution in [2.45, 2.75) is 13.0 Å². The van der Waals surface area contributed by atoms with Crippen LogP contribution in [0.25, 0.3) is 11.0 Å². The van der Waals surface area contributed by atoms with E-state index in [0.29, 0.717) is 17.8 Å². The number of aromatic nitrogens is 1. The van der Waals surface area contributed by atoms with Gasteiger partial charge in [0, 0.05) is 19.0 Å². The summed E-state index contributed by atoms with van der Waals surface area (Å²) in [4.78, 5) is 14.0. The summed E-state index contributed by atoms with van der Waals surface area (Å²) in [5.41, 5.74) is 2.51. The predicted molar refractivity (Wildman–Crippen MR) is 80.6 cm³/mol. The van der Waals surface area contributed by atoms with Gasteiger partial charge in [-0.15, -0.1) is 0 Å². The minimum absolute atomic E-state index is 0.0258. The molecule has 4 heteroatoms. The molecule has 0 bridgehead atoms. The minimum atomic E-state index is 0.0258. The summed E-state index contributed by atoms with van der Waals surface area (Å²) in [7, 11) is 1.80. The molecule has 1 heterocycles. The van der Waals surface area contributed by atoms with Crippen LogP contribution in [-0.4, -0.2) is 23.0 Å².